The molecule has 2 aliphatic carbocycles. The summed E-state index contributed by atoms with van der Waals surface area (Å²) < 4.78 is 0. The van der Waals surface area contributed by atoms with Crippen LogP contribution in [0.1, 0.15) is 54.7 Å². The van der Waals surface area contributed by atoms with Crippen molar-refractivity contribution in [3.05, 3.63) is 65.5 Å². The van der Waals surface area contributed by atoms with E-state index in [-0.39, 0.29) is 29.7 Å². The van der Waals surface area contributed by atoms with E-state index in [1.807, 2.05) is 30.5 Å². The Hall–Kier alpha value is -2.69. The minimum Gasteiger partial charge on any atom is -0.356 e. The van der Waals surface area contributed by atoms with Gasteiger partial charge in [-0.2, -0.15) is 0 Å². The van der Waals surface area contributed by atoms with Crippen molar-refractivity contribution < 1.29 is 9.59 Å². The Balaban J connectivity index is 1.19. The van der Waals surface area contributed by atoms with Crippen LogP contribution in [-0.2, 0) is 22.4 Å². The van der Waals surface area contributed by atoms with E-state index in [2.05, 4.69) is 27.8 Å². The third kappa shape index (κ3) is 4.84. The number of fused-ring (bicyclic) bond motifs is 1. The summed E-state index contributed by atoms with van der Waals surface area (Å²) in [6.07, 6.45) is 9.71. The van der Waals surface area contributed by atoms with Crippen LogP contribution in [0.5, 0.6) is 0 Å². The van der Waals surface area contributed by atoms with Gasteiger partial charge in [0, 0.05) is 30.9 Å². The molecule has 29 heavy (non-hydrogen) atoms. The van der Waals surface area contributed by atoms with Gasteiger partial charge in [0.2, 0.25) is 11.8 Å². The van der Waals surface area contributed by atoms with Gasteiger partial charge in [-0.1, -0.05) is 30.3 Å². The average Bonchev–Trinajstić information content (AvgIpc) is 3.19. The molecule has 2 aliphatic rings. The third-order valence-electron chi connectivity index (χ3n) is 6.33. The van der Waals surface area contributed by atoms with E-state index < -0.39 is 0 Å². The lowest BCUT2D eigenvalue weighted by Crippen LogP contribution is -2.42. The lowest BCUT2D eigenvalue weighted by molar-refractivity contribution is -0.126. The summed E-state index contributed by atoms with van der Waals surface area (Å²) in [5, 5.41) is 6.31. The first kappa shape index (κ1) is 19.6. The first-order chi connectivity index (χ1) is 14.2. The van der Waals surface area contributed by atoms with Crippen LogP contribution in [0.25, 0.3) is 0 Å². The molecule has 1 fully saturated rings. The number of aryl methyl sites for hydroxylation is 1. The minimum atomic E-state index is -0.0142. The predicted octanol–water partition coefficient (Wildman–Crippen LogP) is 3.15. The molecule has 1 unspecified atom stereocenters. The molecule has 2 N–H and O–H groups in total. The maximum absolute atomic E-state index is 12.8. The fraction of sp³-hybridized carbons (Fsp3) is 0.458. The summed E-state index contributed by atoms with van der Waals surface area (Å²) in [6, 6.07) is 12.4. The molecule has 1 aromatic carbocycles. The fourth-order valence-electron chi connectivity index (χ4n) is 4.65. The normalized spacial score (nSPS) is 23.2. The van der Waals surface area contributed by atoms with Crippen LogP contribution < -0.4 is 10.6 Å². The van der Waals surface area contributed by atoms with Crippen LogP contribution in [0.2, 0.25) is 0 Å². The van der Waals surface area contributed by atoms with E-state index in [1.165, 1.54) is 11.1 Å². The van der Waals surface area contributed by atoms with E-state index in [0.29, 0.717) is 6.54 Å². The van der Waals surface area contributed by atoms with Crippen molar-refractivity contribution in [2.45, 2.75) is 56.9 Å². The molecule has 4 rings (SSSR count). The third-order valence-corrected chi connectivity index (χ3v) is 6.33. The molecule has 0 aliphatic heterocycles. The second-order valence-corrected chi connectivity index (χ2v) is 8.25. The van der Waals surface area contributed by atoms with E-state index >= 15 is 0 Å². The van der Waals surface area contributed by atoms with Gasteiger partial charge in [0.1, 0.15) is 0 Å². The second-order valence-electron chi connectivity index (χ2n) is 8.25. The van der Waals surface area contributed by atoms with Crippen molar-refractivity contribution in [2.75, 3.05) is 6.54 Å². The summed E-state index contributed by atoms with van der Waals surface area (Å²) in [6.45, 7) is 0.641. The highest BCUT2D eigenvalue weighted by Gasteiger charge is 2.31. The number of benzene rings is 1. The minimum absolute atomic E-state index is 0.0142. The Labute approximate surface area is 172 Å². The summed E-state index contributed by atoms with van der Waals surface area (Å²) >= 11 is 0. The van der Waals surface area contributed by atoms with Gasteiger partial charge in [-0.05, 0) is 67.7 Å². The number of nitrogens with one attached hydrogen (secondary N) is 2. The molecule has 2 amide bonds. The molecule has 1 atom stereocenters. The number of pyridine rings is 1. The topological polar surface area (TPSA) is 71.1 Å². The maximum atomic E-state index is 12.8. The van der Waals surface area contributed by atoms with Crippen LogP contribution >= 0.6 is 0 Å². The smallest absolute Gasteiger partial charge is 0.227 e. The van der Waals surface area contributed by atoms with E-state index in [4.69, 9.17) is 0 Å². The zero-order chi connectivity index (χ0) is 20.1. The van der Waals surface area contributed by atoms with Crippen molar-refractivity contribution >= 4 is 11.8 Å². The molecule has 5 heteroatoms. The van der Waals surface area contributed by atoms with Gasteiger partial charge < -0.3 is 10.6 Å². The number of rotatable bonds is 6. The van der Waals surface area contributed by atoms with Gasteiger partial charge in [0.25, 0.3) is 0 Å². The molecule has 0 bridgehead atoms. The van der Waals surface area contributed by atoms with Gasteiger partial charge in [-0.3, -0.25) is 14.6 Å². The first-order valence-corrected chi connectivity index (χ1v) is 10.8. The van der Waals surface area contributed by atoms with Crippen molar-refractivity contribution in [1.82, 2.24) is 15.6 Å². The van der Waals surface area contributed by atoms with Crippen LogP contribution in [0.15, 0.2) is 48.8 Å². The summed E-state index contributed by atoms with van der Waals surface area (Å²) in [5.74, 6) is 0.340. The summed E-state index contributed by atoms with van der Waals surface area (Å²) in [7, 11) is 0. The highest BCUT2D eigenvalue weighted by Crippen LogP contribution is 2.33. The number of nitrogens with zero attached hydrogens (tertiary/aromatic N) is 1. The van der Waals surface area contributed by atoms with Crippen LogP contribution in [0, 0.1) is 5.92 Å². The molecule has 0 saturated heterocycles. The number of carbonyl (C=O) groups is 2. The summed E-state index contributed by atoms with van der Waals surface area (Å²) in [4.78, 5) is 29.3. The molecule has 1 saturated carbocycles. The molecule has 0 radical (unpaired) electrons. The molecule has 2 aromatic rings. The standard InChI is InChI=1S/C24H29N3O2/c28-23(26-15-13-17-4-3-14-25-16-17)19-7-10-20(11-8-19)27-24(29)22-12-9-18-5-1-2-6-21(18)22/h1-6,14,16,19-20,22H,7-13,15H2,(H,26,28)(H,27,29). The largest absolute Gasteiger partial charge is 0.356 e. The molecular formula is C24H29N3O2. The Morgan fingerprint density at radius 2 is 1.79 bits per heavy atom. The Morgan fingerprint density at radius 3 is 2.59 bits per heavy atom. The number of hydrogen-bond donors (Lipinski definition) is 2. The van der Waals surface area contributed by atoms with Gasteiger partial charge >= 0.3 is 0 Å². The second kappa shape index (κ2) is 9.21. The van der Waals surface area contributed by atoms with Crippen molar-refractivity contribution in [3.8, 4) is 0 Å². The highest BCUT2D eigenvalue weighted by molar-refractivity contribution is 5.85. The van der Waals surface area contributed by atoms with Gasteiger partial charge in [-0.15, -0.1) is 0 Å². The van der Waals surface area contributed by atoms with E-state index in [0.717, 1.165) is 50.5 Å². The van der Waals surface area contributed by atoms with Crippen molar-refractivity contribution in [3.63, 3.8) is 0 Å². The lowest BCUT2D eigenvalue weighted by atomic mass is 9.85. The molecule has 152 valence electrons. The van der Waals surface area contributed by atoms with Gasteiger partial charge in [-0.25, -0.2) is 0 Å². The molecule has 1 aromatic heterocycles. The Morgan fingerprint density at radius 1 is 0.966 bits per heavy atom. The lowest BCUT2D eigenvalue weighted by Gasteiger charge is -2.29. The van der Waals surface area contributed by atoms with Crippen LogP contribution in [0.3, 0.4) is 0 Å². The van der Waals surface area contributed by atoms with Crippen LogP contribution in [-0.4, -0.2) is 29.4 Å². The Kier molecular flexibility index (Phi) is 6.23. The molecule has 0 spiro atoms. The zero-order valence-corrected chi connectivity index (χ0v) is 16.8. The monoisotopic (exact) mass is 391 g/mol. The van der Waals surface area contributed by atoms with Crippen molar-refractivity contribution in [2.24, 2.45) is 5.92 Å². The molecule has 5 nitrogen and oxygen atoms in total. The van der Waals surface area contributed by atoms with Crippen LogP contribution in [0.4, 0.5) is 0 Å². The Bertz CT molecular complexity index is 844. The van der Waals surface area contributed by atoms with E-state index in [1.54, 1.807) is 6.20 Å². The number of amides is 2. The number of aromatic nitrogens is 1. The highest BCUT2D eigenvalue weighted by atomic mass is 16.2. The SMILES string of the molecule is O=C(NCCc1cccnc1)C1CCC(NC(=O)C2CCc3ccccc32)CC1. The zero-order valence-electron chi connectivity index (χ0n) is 16.8. The van der Waals surface area contributed by atoms with Gasteiger partial charge in [0.05, 0.1) is 5.92 Å². The maximum Gasteiger partial charge on any atom is 0.227 e. The van der Waals surface area contributed by atoms with Crippen molar-refractivity contribution in [1.29, 1.82) is 0 Å². The van der Waals surface area contributed by atoms with E-state index in [9.17, 15) is 9.59 Å². The predicted molar refractivity (Wildman–Crippen MR) is 112 cm³/mol. The quantitative estimate of drug-likeness (QED) is 0.795. The molecular weight excluding hydrogens is 362 g/mol. The van der Waals surface area contributed by atoms with Gasteiger partial charge in [0.15, 0.2) is 0 Å². The summed E-state index contributed by atoms with van der Waals surface area (Å²) in [5.41, 5.74) is 3.62. The number of carbonyl (C=O) groups excluding carboxylic acids is 2. The average molecular weight is 392 g/mol. The number of hydrogen-bond acceptors (Lipinski definition) is 3. The first-order valence-electron chi connectivity index (χ1n) is 10.8. The molecule has 1 heterocycles. The fourth-order valence-corrected chi connectivity index (χ4v) is 4.65.